The molecule has 0 bridgehead atoms. The van der Waals surface area contributed by atoms with E-state index in [-0.39, 0.29) is 23.9 Å². The highest BCUT2D eigenvalue weighted by molar-refractivity contribution is 6.42. The summed E-state index contributed by atoms with van der Waals surface area (Å²) in [5, 5.41) is 17.8. The van der Waals surface area contributed by atoms with Gasteiger partial charge in [-0.05, 0) is 29.8 Å². The monoisotopic (exact) mass is 485 g/mol. The van der Waals surface area contributed by atoms with Crippen LogP contribution in [0.3, 0.4) is 0 Å². The standard InChI is InChI=1S/C22H17Cl2N5O4/c1-31-16-7-10(3-5-15(16)32-9-17(26)30)18-12(8-25)21(27)33-22-19(18)20(28-29-22)11-2-4-13(23)14(24)6-11/h2-7,18H,9,27H2,1H3,(H2,26,30)(H,28,29)/t18-/m0/s1. The first-order valence-electron chi connectivity index (χ1n) is 9.54. The van der Waals surface area contributed by atoms with Crippen LogP contribution in [0.1, 0.15) is 17.0 Å². The molecule has 0 aliphatic carbocycles. The van der Waals surface area contributed by atoms with Crippen molar-refractivity contribution in [3.05, 3.63) is 69.0 Å². The molecule has 1 aliphatic rings. The number of methoxy groups -OCH3 is 1. The fourth-order valence-corrected chi connectivity index (χ4v) is 3.88. The van der Waals surface area contributed by atoms with E-state index < -0.39 is 11.8 Å². The number of ether oxygens (including phenoxy) is 3. The van der Waals surface area contributed by atoms with Crippen molar-refractivity contribution in [1.29, 1.82) is 5.26 Å². The minimum atomic E-state index is -0.638. The number of aromatic nitrogens is 2. The molecule has 4 rings (SSSR count). The second kappa shape index (κ2) is 8.94. The number of hydrogen-bond acceptors (Lipinski definition) is 7. The van der Waals surface area contributed by atoms with Gasteiger partial charge in [0.1, 0.15) is 11.6 Å². The van der Waals surface area contributed by atoms with Crippen LogP contribution in [-0.4, -0.2) is 29.8 Å². The molecule has 0 unspecified atom stereocenters. The maximum absolute atomic E-state index is 11.1. The summed E-state index contributed by atoms with van der Waals surface area (Å²) >= 11 is 12.3. The van der Waals surface area contributed by atoms with E-state index in [9.17, 15) is 10.1 Å². The number of nitrogens with zero attached hydrogens (tertiary/aromatic N) is 2. The zero-order valence-corrected chi connectivity index (χ0v) is 18.7. The van der Waals surface area contributed by atoms with Gasteiger partial charge >= 0.3 is 0 Å². The van der Waals surface area contributed by atoms with Crippen molar-refractivity contribution in [2.24, 2.45) is 11.5 Å². The van der Waals surface area contributed by atoms with Gasteiger partial charge in [-0.3, -0.25) is 9.89 Å². The van der Waals surface area contributed by atoms with E-state index in [1.807, 2.05) is 0 Å². The number of benzene rings is 2. The third-order valence-electron chi connectivity index (χ3n) is 5.04. The van der Waals surface area contributed by atoms with E-state index in [0.29, 0.717) is 43.9 Å². The van der Waals surface area contributed by atoms with Crippen molar-refractivity contribution in [2.45, 2.75) is 5.92 Å². The molecule has 2 aromatic carbocycles. The number of carbonyl (C=O) groups is 1. The third-order valence-corrected chi connectivity index (χ3v) is 5.78. The van der Waals surface area contributed by atoms with E-state index in [2.05, 4.69) is 16.3 Å². The predicted octanol–water partition coefficient (Wildman–Crippen LogP) is 3.47. The lowest BCUT2D eigenvalue weighted by atomic mass is 9.83. The number of carbonyl (C=O) groups excluding carboxylic acids is 1. The Morgan fingerprint density at radius 1 is 1.24 bits per heavy atom. The maximum atomic E-state index is 11.1. The van der Waals surface area contributed by atoms with Crippen molar-refractivity contribution in [3.8, 4) is 34.7 Å². The molecule has 1 amide bonds. The van der Waals surface area contributed by atoms with Crippen LogP contribution < -0.4 is 25.7 Å². The maximum Gasteiger partial charge on any atom is 0.255 e. The van der Waals surface area contributed by atoms with Gasteiger partial charge in [0.25, 0.3) is 5.91 Å². The summed E-state index contributed by atoms with van der Waals surface area (Å²) < 4.78 is 16.4. The summed E-state index contributed by atoms with van der Waals surface area (Å²) in [5.74, 6) is -0.430. The predicted molar refractivity (Wildman–Crippen MR) is 121 cm³/mol. The molecule has 1 aromatic heterocycles. The van der Waals surface area contributed by atoms with Crippen LogP contribution in [0.5, 0.6) is 17.4 Å². The minimum Gasteiger partial charge on any atom is -0.493 e. The number of halogens is 2. The minimum absolute atomic E-state index is 0.0600. The largest absolute Gasteiger partial charge is 0.493 e. The lowest BCUT2D eigenvalue weighted by Gasteiger charge is -2.25. The Hall–Kier alpha value is -3.87. The number of nitrogens with one attached hydrogen (secondary N) is 1. The molecular weight excluding hydrogens is 469 g/mol. The lowest BCUT2D eigenvalue weighted by molar-refractivity contribution is -0.119. The number of H-pyrrole nitrogens is 1. The Morgan fingerprint density at radius 3 is 2.70 bits per heavy atom. The molecule has 9 nitrogen and oxygen atoms in total. The third kappa shape index (κ3) is 4.14. The Morgan fingerprint density at radius 2 is 2.03 bits per heavy atom. The summed E-state index contributed by atoms with van der Waals surface area (Å²) in [4.78, 5) is 11.1. The summed E-state index contributed by atoms with van der Waals surface area (Å²) in [6, 6.07) is 12.3. The van der Waals surface area contributed by atoms with Gasteiger partial charge in [0.2, 0.25) is 11.8 Å². The Kier molecular flexibility index (Phi) is 6.05. The number of fused-ring (bicyclic) bond motifs is 1. The van der Waals surface area contributed by atoms with Crippen LogP contribution in [0.15, 0.2) is 47.9 Å². The SMILES string of the molecule is COc1cc([C@H]2C(C#N)=C(N)Oc3n[nH]c(-c4ccc(Cl)c(Cl)c4)c32)ccc1OCC(N)=O. The van der Waals surface area contributed by atoms with E-state index in [1.165, 1.54) is 7.11 Å². The first-order valence-corrected chi connectivity index (χ1v) is 10.3. The topological polar surface area (TPSA) is 149 Å². The number of primary amides is 1. The van der Waals surface area contributed by atoms with Crippen molar-refractivity contribution in [2.75, 3.05) is 13.7 Å². The Labute approximate surface area is 198 Å². The van der Waals surface area contributed by atoms with Crippen LogP contribution in [0.25, 0.3) is 11.3 Å². The van der Waals surface area contributed by atoms with Crippen molar-refractivity contribution < 1.29 is 19.0 Å². The molecule has 0 spiro atoms. The van der Waals surface area contributed by atoms with E-state index in [0.717, 1.165) is 0 Å². The van der Waals surface area contributed by atoms with Crippen LogP contribution >= 0.6 is 23.2 Å². The van der Waals surface area contributed by atoms with Gasteiger partial charge in [-0.1, -0.05) is 35.3 Å². The van der Waals surface area contributed by atoms with Crippen molar-refractivity contribution in [3.63, 3.8) is 0 Å². The summed E-state index contributed by atoms with van der Waals surface area (Å²) in [5.41, 5.74) is 13.9. The van der Waals surface area contributed by atoms with Crippen LogP contribution in [-0.2, 0) is 4.79 Å². The molecule has 1 atom stereocenters. The normalized spacial score (nSPS) is 14.8. The molecule has 0 fully saturated rings. The van der Waals surface area contributed by atoms with Gasteiger partial charge in [-0.25, -0.2) is 0 Å². The highest BCUT2D eigenvalue weighted by Gasteiger charge is 2.36. The van der Waals surface area contributed by atoms with Gasteiger partial charge in [-0.15, -0.1) is 5.10 Å². The molecule has 0 radical (unpaired) electrons. The average molecular weight is 486 g/mol. The molecular formula is C22H17Cl2N5O4. The lowest BCUT2D eigenvalue weighted by Crippen LogP contribution is -2.21. The Balaban J connectivity index is 1.87. The Bertz CT molecular complexity index is 1330. The molecule has 1 aliphatic heterocycles. The number of amides is 1. The van der Waals surface area contributed by atoms with Crippen molar-refractivity contribution in [1.82, 2.24) is 10.2 Å². The van der Waals surface area contributed by atoms with Crippen LogP contribution in [0.2, 0.25) is 10.0 Å². The fourth-order valence-electron chi connectivity index (χ4n) is 3.58. The second-order valence-electron chi connectivity index (χ2n) is 7.04. The average Bonchev–Trinajstić information content (AvgIpc) is 3.21. The van der Waals surface area contributed by atoms with Gasteiger partial charge in [0, 0.05) is 5.56 Å². The molecule has 3 aromatic rings. The molecule has 11 heteroatoms. The number of allylic oxidation sites excluding steroid dienone is 1. The molecule has 0 saturated carbocycles. The molecule has 168 valence electrons. The van der Waals surface area contributed by atoms with E-state index in [1.54, 1.807) is 36.4 Å². The van der Waals surface area contributed by atoms with E-state index in [4.69, 9.17) is 48.9 Å². The van der Waals surface area contributed by atoms with Gasteiger partial charge < -0.3 is 25.7 Å². The first-order chi connectivity index (χ1) is 15.8. The smallest absolute Gasteiger partial charge is 0.255 e. The molecule has 33 heavy (non-hydrogen) atoms. The highest BCUT2D eigenvalue weighted by atomic mass is 35.5. The van der Waals surface area contributed by atoms with Crippen LogP contribution in [0, 0.1) is 11.3 Å². The number of nitrogens with two attached hydrogens (primary N) is 2. The summed E-state index contributed by atoms with van der Waals surface area (Å²) in [7, 11) is 1.46. The molecule has 0 saturated heterocycles. The zero-order valence-electron chi connectivity index (χ0n) is 17.2. The molecule has 2 heterocycles. The van der Waals surface area contributed by atoms with Gasteiger partial charge in [-0.2, -0.15) is 5.26 Å². The first kappa shape index (κ1) is 22.3. The number of hydrogen-bond donors (Lipinski definition) is 3. The second-order valence-corrected chi connectivity index (χ2v) is 7.85. The zero-order chi connectivity index (χ0) is 23.7. The number of rotatable bonds is 6. The summed E-state index contributed by atoms with van der Waals surface area (Å²) in [6.07, 6.45) is 0. The van der Waals surface area contributed by atoms with E-state index >= 15 is 0 Å². The summed E-state index contributed by atoms with van der Waals surface area (Å²) in [6.45, 7) is -0.309. The van der Waals surface area contributed by atoms with Crippen LogP contribution in [0.4, 0.5) is 0 Å². The number of aromatic amines is 1. The fraction of sp³-hybridized carbons (Fsp3) is 0.136. The quantitative estimate of drug-likeness (QED) is 0.483. The van der Waals surface area contributed by atoms with Crippen molar-refractivity contribution >= 4 is 29.1 Å². The molecule has 5 N–H and O–H groups in total. The number of nitriles is 1. The van der Waals surface area contributed by atoms with Gasteiger partial charge in [0.15, 0.2) is 18.1 Å². The highest BCUT2D eigenvalue weighted by Crippen LogP contribution is 2.47. The van der Waals surface area contributed by atoms with Gasteiger partial charge in [0.05, 0.1) is 34.3 Å².